The molecule has 66 valence electrons. The Hall–Kier alpha value is -0.600. The molecular formula is C10H7BrClN. The molecule has 0 saturated carbocycles. The zero-order valence-electron chi connectivity index (χ0n) is 7.01. The molecule has 0 saturated heterocycles. The molecule has 0 fully saturated rings. The third-order valence-corrected chi connectivity index (χ3v) is 3.15. The summed E-state index contributed by atoms with van der Waals surface area (Å²) in [4.78, 5) is 4.27. The van der Waals surface area contributed by atoms with Crippen LogP contribution < -0.4 is 0 Å². The van der Waals surface area contributed by atoms with E-state index in [0.717, 1.165) is 20.4 Å². The number of aryl methyl sites for hydroxylation is 1. The first kappa shape index (κ1) is 8.97. The Labute approximate surface area is 89.9 Å². The lowest BCUT2D eigenvalue weighted by Crippen LogP contribution is -1.82. The fraction of sp³-hybridized carbons (Fsp3) is 0.100. The molecule has 2 rings (SSSR count). The van der Waals surface area contributed by atoms with Gasteiger partial charge in [0.25, 0.3) is 0 Å². The molecule has 1 aromatic heterocycles. The molecule has 1 heterocycles. The van der Waals surface area contributed by atoms with E-state index in [1.165, 1.54) is 5.56 Å². The van der Waals surface area contributed by atoms with Gasteiger partial charge in [-0.2, -0.15) is 0 Å². The summed E-state index contributed by atoms with van der Waals surface area (Å²) in [6, 6.07) is 6.04. The van der Waals surface area contributed by atoms with Gasteiger partial charge in [-0.15, -0.1) is 0 Å². The van der Waals surface area contributed by atoms with Crippen LogP contribution >= 0.6 is 27.5 Å². The molecule has 0 atom stereocenters. The summed E-state index contributed by atoms with van der Waals surface area (Å²) in [6.07, 6.45) is 1.73. The molecule has 2 aromatic rings. The minimum atomic E-state index is 0.727. The van der Waals surface area contributed by atoms with Crippen molar-refractivity contribution in [1.29, 1.82) is 0 Å². The van der Waals surface area contributed by atoms with E-state index in [2.05, 4.69) is 20.9 Å². The maximum Gasteiger partial charge on any atom is 0.0720 e. The van der Waals surface area contributed by atoms with Crippen molar-refractivity contribution in [3.05, 3.63) is 39.5 Å². The molecule has 0 unspecified atom stereocenters. The Bertz CT molecular complexity index is 468. The van der Waals surface area contributed by atoms with Crippen LogP contribution in [0.15, 0.2) is 28.9 Å². The molecule has 1 aromatic carbocycles. The maximum atomic E-state index is 6.09. The number of pyridine rings is 1. The number of aromatic nitrogens is 1. The van der Waals surface area contributed by atoms with Gasteiger partial charge in [0.1, 0.15) is 0 Å². The van der Waals surface area contributed by atoms with Crippen LogP contribution in [0.3, 0.4) is 0 Å². The van der Waals surface area contributed by atoms with Gasteiger partial charge < -0.3 is 0 Å². The van der Waals surface area contributed by atoms with Crippen LogP contribution in [0.4, 0.5) is 0 Å². The quantitative estimate of drug-likeness (QED) is 0.695. The molecule has 0 aliphatic heterocycles. The highest BCUT2D eigenvalue weighted by atomic mass is 79.9. The van der Waals surface area contributed by atoms with Gasteiger partial charge in [-0.1, -0.05) is 23.7 Å². The van der Waals surface area contributed by atoms with Crippen molar-refractivity contribution in [3.63, 3.8) is 0 Å². The van der Waals surface area contributed by atoms with E-state index in [1.807, 2.05) is 25.1 Å². The van der Waals surface area contributed by atoms with Gasteiger partial charge in [-0.25, -0.2) is 0 Å². The van der Waals surface area contributed by atoms with E-state index in [-0.39, 0.29) is 0 Å². The normalized spacial score (nSPS) is 10.7. The lowest BCUT2D eigenvalue weighted by molar-refractivity contribution is 1.37. The Morgan fingerprint density at radius 1 is 1.38 bits per heavy atom. The fourth-order valence-corrected chi connectivity index (χ4v) is 1.77. The average molecular weight is 257 g/mol. The van der Waals surface area contributed by atoms with Crippen LogP contribution in [0, 0.1) is 6.92 Å². The van der Waals surface area contributed by atoms with Gasteiger partial charge in [0, 0.05) is 11.6 Å². The van der Waals surface area contributed by atoms with Crippen LogP contribution in [-0.4, -0.2) is 4.98 Å². The highest BCUT2D eigenvalue weighted by Gasteiger charge is 2.03. The van der Waals surface area contributed by atoms with Crippen molar-refractivity contribution in [2.75, 3.05) is 0 Å². The summed E-state index contributed by atoms with van der Waals surface area (Å²) < 4.78 is 0.838. The first-order valence-electron chi connectivity index (χ1n) is 3.89. The predicted molar refractivity (Wildman–Crippen MR) is 59.2 cm³/mol. The molecule has 3 heteroatoms. The maximum absolute atomic E-state index is 6.09. The molecular weight excluding hydrogens is 249 g/mol. The zero-order chi connectivity index (χ0) is 9.42. The van der Waals surface area contributed by atoms with E-state index < -0.39 is 0 Å². The summed E-state index contributed by atoms with van der Waals surface area (Å²) in [5.41, 5.74) is 2.13. The number of benzene rings is 1. The van der Waals surface area contributed by atoms with Gasteiger partial charge in [0.05, 0.1) is 15.0 Å². The molecule has 0 aliphatic rings. The average Bonchev–Trinajstić information content (AvgIpc) is 2.12. The van der Waals surface area contributed by atoms with Crippen molar-refractivity contribution in [2.24, 2.45) is 0 Å². The highest BCUT2D eigenvalue weighted by Crippen LogP contribution is 2.29. The zero-order valence-corrected chi connectivity index (χ0v) is 9.35. The molecule has 0 N–H and O–H groups in total. The predicted octanol–water partition coefficient (Wildman–Crippen LogP) is 3.96. The Morgan fingerprint density at radius 2 is 2.15 bits per heavy atom. The number of nitrogens with zero attached hydrogens (tertiary/aromatic N) is 1. The minimum absolute atomic E-state index is 0.727. The van der Waals surface area contributed by atoms with E-state index in [4.69, 9.17) is 11.6 Å². The molecule has 0 radical (unpaired) electrons. The van der Waals surface area contributed by atoms with E-state index in [0.29, 0.717) is 0 Å². The minimum Gasteiger partial charge on any atom is -0.255 e. The third kappa shape index (κ3) is 1.56. The number of rotatable bonds is 0. The van der Waals surface area contributed by atoms with Gasteiger partial charge in [-0.05, 0) is 34.5 Å². The van der Waals surface area contributed by atoms with Crippen molar-refractivity contribution in [1.82, 2.24) is 4.98 Å². The van der Waals surface area contributed by atoms with Crippen LogP contribution in [0.2, 0.25) is 5.02 Å². The second-order valence-corrected chi connectivity index (χ2v) is 4.17. The summed E-state index contributed by atoms with van der Waals surface area (Å²) in [6.45, 7) is 2.04. The Morgan fingerprint density at radius 3 is 2.92 bits per heavy atom. The topological polar surface area (TPSA) is 12.9 Å². The molecule has 0 bridgehead atoms. The van der Waals surface area contributed by atoms with Gasteiger partial charge in [0.2, 0.25) is 0 Å². The molecule has 0 aliphatic carbocycles. The summed E-state index contributed by atoms with van der Waals surface area (Å²) in [7, 11) is 0. The standard InChI is InChI=1S/C10H7BrClN/c1-6-2-3-7-9(4-6)13-5-8(11)10(7)12/h2-5H,1H3. The first-order valence-corrected chi connectivity index (χ1v) is 5.06. The first-order chi connectivity index (χ1) is 6.18. The van der Waals surface area contributed by atoms with Crippen LogP contribution in [0.5, 0.6) is 0 Å². The fourth-order valence-electron chi connectivity index (χ4n) is 1.25. The summed E-state index contributed by atoms with van der Waals surface area (Å²) >= 11 is 9.43. The van der Waals surface area contributed by atoms with E-state index >= 15 is 0 Å². The number of hydrogen-bond acceptors (Lipinski definition) is 1. The Balaban J connectivity index is 2.87. The highest BCUT2D eigenvalue weighted by molar-refractivity contribution is 9.10. The van der Waals surface area contributed by atoms with Crippen LogP contribution in [0.1, 0.15) is 5.56 Å². The van der Waals surface area contributed by atoms with Crippen molar-refractivity contribution in [2.45, 2.75) is 6.92 Å². The van der Waals surface area contributed by atoms with Gasteiger partial charge in [-0.3, -0.25) is 4.98 Å². The largest absolute Gasteiger partial charge is 0.255 e. The molecule has 0 amide bonds. The molecule has 0 spiro atoms. The number of halogens is 2. The van der Waals surface area contributed by atoms with Crippen molar-refractivity contribution in [3.8, 4) is 0 Å². The lowest BCUT2D eigenvalue weighted by atomic mass is 10.1. The van der Waals surface area contributed by atoms with E-state index in [1.54, 1.807) is 6.20 Å². The smallest absolute Gasteiger partial charge is 0.0720 e. The Kier molecular flexibility index (Phi) is 2.26. The number of hydrogen-bond donors (Lipinski definition) is 0. The second kappa shape index (κ2) is 3.28. The molecule has 13 heavy (non-hydrogen) atoms. The lowest BCUT2D eigenvalue weighted by Gasteiger charge is -2.02. The summed E-state index contributed by atoms with van der Waals surface area (Å²) in [5.74, 6) is 0. The second-order valence-electron chi connectivity index (χ2n) is 2.94. The SMILES string of the molecule is Cc1ccc2c(Cl)c(Br)cnc2c1. The van der Waals surface area contributed by atoms with Crippen LogP contribution in [-0.2, 0) is 0 Å². The third-order valence-electron chi connectivity index (χ3n) is 1.92. The van der Waals surface area contributed by atoms with E-state index in [9.17, 15) is 0 Å². The number of fused-ring (bicyclic) bond motifs is 1. The van der Waals surface area contributed by atoms with Crippen molar-refractivity contribution >= 4 is 38.4 Å². The monoisotopic (exact) mass is 255 g/mol. The summed E-state index contributed by atoms with van der Waals surface area (Å²) in [5, 5.41) is 1.71. The van der Waals surface area contributed by atoms with Crippen molar-refractivity contribution < 1.29 is 0 Å². The van der Waals surface area contributed by atoms with Crippen LogP contribution in [0.25, 0.3) is 10.9 Å². The van der Waals surface area contributed by atoms with Gasteiger partial charge >= 0.3 is 0 Å². The van der Waals surface area contributed by atoms with Gasteiger partial charge in [0.15, 0.2) is 0 Å². The molecule has 1 nitrogen and oxygen atoms in total.